The maximum absolute atomic E-state index is 12.3. The van der Waals surface area contributed by atoms with E-state index in [1.54, 1.807) is 4.90 Å². The molecular formula is C25H21N3O2. The van der Waals surface area contributed by atoms with Gasteiger partial charge >= 0.3 is 6.03 Å². The van der Waals surface area contributed by atoms with Crippen molar-refractivity contribution in [3.05, 3.63) is 90.0 Å². The van der Waals surface area contributed by atoms with Gasteiger partial charge in [0.2, 0.25) is 0 Å². The maximum Gasteiger partial charge on any atom is 0.321 e. The van der Waals surface area contributed by atoms with Crippen molar-refractivity contribution in [1.29, 1.82) is 0 Å². The highest BCUT2D eigenvalue weighted by atomic mass is 16.2. The Kier molecular flexibility index (Phi) is 5.77. The monoisotopic (exact) mass is 395 g/mol. The third-order valence-corrected chi connectivity index (χ3v) is 4.86. The zero-order valence-electron chi connectivity index (χ0n) is 16.4. The highest BCUT2D eigenvalue weighted by molar-refractivity contribution is 5.95. The SMILES string of the molecule is O=C(NCC#Cc1ccc(N2CCNC2=O)cc1)c1ccc(-c2ccccc2)cc1. The fraction of sp³-hybridized carbons (Fsp3) is 0.120. The first kappa shape index (κ1) is 19.3. The number of nitrogens with zero attached hydrogens (tertiary/aromatic N) is 1. The van der Waals surface area contributed by atoms with E-state index in [-0.39, 0.29) is 18.5 Å². The smallest absolute Gasteiger partial charge is 0.321 e. The van der Waals surface area contributed by atoms with Crippen LogP contribution in [-0.4, -0.2) is 31.6 Å². The lowest BCUT2D eigenvalue weighted by Gasteiger charge is -2.13. The summed E-state index contributed by atoms with van der Waals surface area (Å²) in [6.07, 6.45) is 0. The number of rotatable bonds is 4. The fourth-order valence-corrected chi connectivity index (χ4v) is 3.26. The van der Waals surface area contributed by atoms with Gasteiger partial charge in [0.1, 0.15) is 0 Å². The first-order valence-corrected chi connectivity index (χ1v) is 9.79. The Morgan fingerprint density at radius 3 is 2.30 bits per heavy atom. The topological polar surface area (TPSA) is 61.4 Å². The Hall–Kier alpha value is -4.04. The van der Waals surface area contributed by atoms with E-state index < -0.39 is 0 Å². The largest absolute Gasteiger partial charge is 0.341 e. The first-order chi connectivity index (χ1) is 14.7. The average Bonchev–Trinajstić information content (AvgIpc) is 3.23. The lowest BCUT2D eigenvalue weighted by molar-refractivity contribution is 0.0958. The zero-order valence-corrected chi connectivity index (χ0v) is 16.4. The summed E-state index contributed by atoms with van der Waals surface area (Å²) in [7, 11) is 0. The second-order valence-electron chi connectivity index (χ2n) is 6.86. The van der Waals surface area contributed by atoms with Gasteiger partial charge in [-0.25, -0.2) is 4.79 Å². The quantitative estimate of drug-likeness (QED) is 0.663. The molecule has 1 fully saturated rings. The average molecular weight is 395 g/mol. The van der Waals surface area contributed by atoms with Gasteiger partial charge in [-0.2, -0.15) is 0 Å². The summed E-state index contributed by atoms with van der Waals surface area (Å²) in [4.78, 5) is 25.7. The van der Waals surface area contributed by atoms with Crippen molar-refractivity contribution in [3.8, 4) is 23.0 Å². The van der Waals surface area contributed by atoms with Gasteiger partial charge in [-0.15, -0.1) is 0 Å². The third-order valence-electron chi connectivity index (χ3n) is 4.86. The molecule has 148 valence electrons. The Bertz CT molecular complexity index is 1100. The molecule has 2 N–H and O–H groups in total. The minimum absolute atomic E-state index is 0.0756. The fourth-order valence-electron chi connectivity index (χ4n) is 3.26. The molecule has 0 spiro atoms. The summed E-state index contributed by atoms with van der Waals surface area (Å²) < 4.78 is 0. The Balaban J connectivity index is 1.31. The molecule has 3 aromatic rings. The molecule has 1 aliphatic rings. The first-order valence-electron chi connectivity index (χ1n) is 9.79. The van der Waals surface area contributed by atoms with Gasteiger partial charge in [-0.3, -0.25) is 9.69 Å². The molecule has 1 aliphatic heterocycles. The van der Waals surface area contributed by atoms with E-state index in [1.807, 2.05) is 78.9 Å². The van der Waals surface area contributed by atoms with Crippen LogP contribution in [0.2, 0.25) is 0 Å². The van der Waals surface area contributed by atoms with Crippen molar-refractivity contribution >= 4 is 17.6 Å². The molecule has 0 atom stereocenters. The Labute approximate surface area is 175 Å². The molecule has 0 unspecified atom stereocenters. The number of anilines is 1. The van der Waals surface area contributed by atoms with E-state index in [2.05, 4.69) is 22.5 Å². The van der Waals surface area contributed by atoms with Gasteiger partial charge in [0.05, 0.1) is 6.54 Å². The van der Waals surface area contributed by atoms with Gasteiger partial charge in [0.25, 0.3) is 5.91 Å². The minimum Gasteiger partial charge on any atom is -0.341 e. The number of carbonyl (C=O) groups excluding carboxylic acids is 2. The molecule has 1 heterocycles. The van der Waals surface area contributed by atoms with Crippen molar-refractivity contribution in [2.24, 2.45) is 0 Å². The molecule has 0 aliphatic carbocycles. The van der Waals surface area contributed by atoms with Crippen LogP contribution in [0.15, 0.2) is 78.9 Å². The predicted molar refractivity (Wildman–Crippen MR) is 118 cm³/mol. The molecule has 30 heavy (non-hydrogen) atoms. The van der Waals surface area contributed by atoms with Crippen LogP contribution in [0, 0.1) is 11.8 Å². The number of carbonyl (C=O) groups is 2. The van der Waals surface area contributed by atoms with Crippen molar-refractivity contribution in [3.63, 3.8) is 0 Å². The highest BCUT2D eigenvalue weighted by Gasteiger charge is 2.20. The molecule has 3 amide bonds. The molecule has 0 radical (unpaired) electrons. The second kappa shape index (κ2) is 8.97. The van der Waals surface area contributed by atoms with E-state index in [4.69, 9.17) is 0 Å². The van der Waals surface area contributed by atoms with Crippen LogP contribution in [0.3, 0.4) is 0 Å². The second-order valence-corrected chi connectivity index (χ2v) is 6.86. The molecule has 3 aromatic carbocycles. The predicted octanol–water partition coefficient (Wildman–Crippen LogP) is 3.66. The molecule has 5 nitrogen and oxygen atoms in total. The number of urea groups is 1. The maximum atomic E-state index is 12.3. The van der Waals surface area contributed by atoms with E-state index in [0.717, 1.165) is 22.4 Å². The summed E-state index contributed by atoms with van der Waals surface area (Å²) in [5.41, 5.74) is 4.47. The molecule has 0 aromatic heterocycles. The standard InChI is InChI=1S/C25H21N3O2/c29-24(22-12-10-21(11-13-22)20-6-2-1-3-7-20)26-16-4-5-19-8-14-23(15-9-19)28-18-17-27-25(28)30/h1-3,6-15H,16-18H2,(H,26,29)(H,27,30). The lowest BCUT2D eigenvalue weighted by Crippen LogP contribution is -2.27. The van der Waals surface area contributed by atoms with E-state index >= 15 is 0 Å². The third kappa shape index (κ3) is 4.50. The van der Waals surface area contributed by atoms with Crippen LogP contribution in [0.25, 0.3) is 11.1 Å². The zero-order chi connectivity index (χ0) is 20.8. The normalized spacial score (nSPS) is 12.7. The van der Waals surface area contributed by atoms with Crippen LogP contribution in [-0.2, 0) is 0 Å². The van der Waals surface area contributed by atoms with Gasteiger partial charge in [0.15, 0.2) is 0 Å². The molecule has 0 bridgehead atoms. The van der Waals surface area contributed by atoms with Crippen molar-refractivity contribution < 1.29 is 9.59 Å². The van der Waals surface area contributed by atoms with E-state index in [0.29, 0.717) is 18.7 Å². The number of nitrogens with one attached hydrogen (secondary N) is 2. The summed E-state index contributed by atoms with van der Waals surface area (Å²) >= 11 is 0. The summed E-state index contributed by atoms with van der Waals surface area (Å²) in [6.45, 7) is 1.59. The lowest BCUT2D eigenvalue weighted by atomic mass is 10.0. The summed E-state index contributed by atoms with van der Waals surface area (Å²) in [5.74, 6) is 5.84. The van der Waals surface area contributed by atoms with Crippen LogP contribution in [0.5, 0.6) is 0 Å². The molecule has 1 saturated heterocycles. The number of amides is 3. The Morgan fingerprint density at radius 2 is 1.63 bits per heavy atom. The molecule has 4 rings (SSSR count). The van der Waals surface area contributed by atoms with Gasteiger partial charge in [-0.05, 0) is 47.5 Å². The van der Waals surface area contributed by atoms with Crippen molar-refractivity contribution in [1.82, 2.24) is 10.6 Å². The number of hydrogen-bond donors (Lipinski definition) is 2. The summed E-state index contributed by atoms with van der Waals surface area (Å²) in [6, 6.07) is 25.0. The van der Waals surface area contributed by atoms with Crippen LogP contribution >= 0.6 is 0 Å². The minimum atomic E-state index is -0.153. The Morgan fingerprint density at radius 1 is 0.933 bits per heavy atom. The highest BCUT2D eigenvalue weighted by Crippen LogP contribution is 2.19. The number of hydrogen-bond acceptors (Lipinski definition) is 2. The number of benzene rings is 3. The van der Waals surface area contributed by atoms with Crippen LogP contribution in [0.4, 0.5) is 10.5 Å². The van der Waals surface area contributed by atoms with E-state index in [9.17, 15) is 9.59 Å². The molecular weight excluding hydrogens is 374 g/mol. The van der Waals surface area contributed by atoms with Crippen LogP contribution < -0.4 is 15.5 Å². The van der Waals surface area contributed by atoms with Gasteiger partial charge < -0.3 is 10.6 Å². The van der Waals surface area contributed by atoms with Crippen molar-refractivity contribution in [2.45, 2.75) is 0 Å². The van der Waals surface area contributed by atoms with E-state index in [1.165, 1.54) is 0 Å². The van der Waals surface area contributed by atoms with Crippen LogP contribution in [0.1, 0.15) is 15.9 Å². The molecule has 0 saturated carbocycles. The van der Waals surface area contributed by atoms with Gasteiger partial charge in [-0.1, -0.05) is 54.3 Å². The molecule has 5 heteroatoms. The summed E-state index contributed by atoms with van der Waals surface area (Å²) in [5, 5.41) is 5.60. The van der Waals surface area contributed by atoms with Gasteiger partial charge in [0, 0.05) is 29.9 Å². The van der Waals surface area contributed by atoms with Crippen molar-refractivity contribution in [2.75, 3.05) is 24.5 Å².